The fraction of sp³-hybridized carbons (Fsp3) is 0. The maximum absolute atomic E-state index is 13.2. The van der Waals surface area contributed by atoms with Crippen molar-refractivity contribution in [2.75, 3.05) is 0 Å². The molecule has 0 aliphatic carbocycles. The topological polar surface area (TPSA) is 43.4 Å². The van der Waals surface area contributed by atoms with Crippen molar-refractivity contribution >= 4 is 37.6 Å². The first-order chi connectivity index (χ1) is 12.6. The maximum atomic E-state index is 13.2. The first-order valence-electron chi connectivity index (χ1n) is 7.85. The Morgan fingerprint density at radius 1 is 0.692 bits per heavy atom. The normalized spacial score (nSPS) is 10.8. The molecule has 0 unspecified atom stereocenters. The van der Waals surface area contributed by atoms with Crippen LogP contribution in [-0.4, -0.2) is 5.78 Å². The molecule has 4 rings (SSSR count). The average molecular weight is 472 g/mol. The monoisotopic (exact) mass is 470 g/mol. The third-order valence-electron chi connectivity index (χ3n) is 3.99. The van der Waals surface area contributed by atoms with Gasteiger partial charge in [-0.3, -0.25) is 4.79 Å². The summed E-state index contributed by atoms with van der Waals surface area (Å²) in [6.07, 6.45) is 3.06. The van der Waals surface area contributed by atoms with E-state index >= 15 is 0 Å². The van der Waals surface area contributed by atoms with Crippen LogP contribution < -0.4 is 0 Å². The summed E-state index contributed by atoms with van der Waals surface area (Å²) in [5, 5.41) is 0. The number of hydrogen-bond donors (Lipinski definition) is 0. The van der Waals surface area contributed by atoms with Gasteiger partial charge in [-0.25, -0.2) is 0 Å². The predicted octanol–water partition coefficient (Wildman–Crippen LogP) is 6.96. The van der Waals surface area contributed by atoms with Crippen molar-refractivity contribution in [1.29, 1.82) is 0 Å². The van der Waals surface area contributed by atoms with Crippen LogP contribution in [-0.2, 0) is 0 Å². The molecule has 0 spiro atoms. The van der Waals surface area contributed by atoms with Crippen molar-refractivity contribution in [3.63, 3.8) is 0 Å². The van der Waals surface area contributed by atoms with Gasteiger partial charge in [0, 0.05) is 20.1 Å². The first kappa shape index (κ1) is 17.1. The van der Waals surface area contributed by atoms with E-state index in [1.165, 1.54) is 12.5 Å². The summed E-state index contributed by atoms with van der Waals surface area (Å²) in [5.41, 5.74) is 2.67. The van der Waals surface area contributed by atoms with Gasteiger partial charge in [0.05, 0.1) is 23.7 Å². The first-order valence-corrected chi connectivity index (χ1v) is 9.43. The molecule has 2 heterocycles. The highest BCUT2D eigenvalue weighted by Crippen LogP contribution is 2.33. The zero-order valence-corrected chi connectivity index (χ0v) is 16.6. The SMILES string of the molecule is O=C(c1ccoc1-c1cccc(Br)c1)c1ccoc1-c1cccc(Br)c1. The molecule has 4 aromatic rings. The third kappa shape index (κ3) is 3.20. The molecule has 0 atom stereocenters. The second-order valence-electron chi connectivity index (χ2n) is 5.68. The van der Waals surface area contributed by atoms with E-state index in [0.717, 1.165) is 20.1 Å². The van der Waals surface area contributed by atoms with Crippen LogP contribution in [0.25, 0.3) is 22.6 Å². The summed E-state index contributed by atoms with van der Waals surface area (Å²) in [6.45, 7) is 0. The summed E-state index contributed by atoms with van der Waals surface area (Å²) in [4.78, 5) is 13.2. The lowest BCUT2D eigenvalue weighted by Gasteiger charge is -2.05. The summed E-state index contributed by atoms with van der Waals surface area (Å²) >= 11 is 6.90. The Morgan fingerprint density at radius 2 is 1.15 bits per heavy atom. The van der Waals surface area contributed by atoms with Gasteiger partial charge in [0.25, 0.3) is 0 Å². The lowest BCUT2D eigenvalue weighted by molar-refractivity contribution is 0.103. The highest BCUT2D eigenvalue weighted by atomic mass is 79.9. The van der Waals surface area contributed by atoms with Gasteiger partial charge in [-0.15, -0.1) is 0 Å². The molecule has 0 N–H and O–H groups in total. The average Bonchev–Trinajstić information content (AvgIpc) is 3.31. The van der Waals surface area contributed by atoms with Crippen LogP contribution in [0.5, 0.6) is 0 Å². The molecule has 128 valence electrons. The Bertz CT molecular complexity index is 1010. The van der Waals surface area contributed by atoms with E-state index in [1.807, 2.05) is 48.5 Å². The Kier molecular flexibility index (Phi) is 4.66. The quantitative estimate of drug-likeness (QED) is 0.302. The Labute approximate surface area is 166 Å². The van der Waals surface area contributed by atoms with E-state index in [2.05, 4.69) is 31.9 Å². The van der Waals surface area contributed by atoms with Gasteiger partial charge in [0.15, 0.2) is 0 Å². The molecule has 0 saturated carbocycles. The van der Waals surface area contributed by atoms with E-state index in [0.29, 0.717) is 22.6 Å². The minimum atomic E-state index is -0.141. The molecular formula is C21H12Br2O3. The highest BCUT2D eigenvalue weighted by Gasteiger charge is 2.23. The molecular weight excluding hydrogens is 460 g/mol. The lowest BCUT2D eigenvalue weighted by Crippen LogP contribution is -2.02. The number of benzene rings is 2. The fourth-order valence-corrected chi connectivity index (χ4v) is 3.63. The van der Waals surface area contributed by atoms with Crippen LogP contribution in [0.15, 0.2) is 91.0 Å². The van der Waals surface area contributed by atoms with Crippen molar-refractivity contribution in [3.05, 3.63) is 93.3 Å². The van der Waals surface area contributed by atoms with Gasteiger partial charge in [0.2, 0.25) is 5.78 Å². The molecule has 26 heavy (non-hydrogen) atoms. The second-order valence-corrected chi connectivity index (χ2v) is 7.51. The standard InChI is InChI=1S/C21H12Br2O3/c22-15-5-1-3-13(11-15)20-17(7-9-25-20)19(24)18-8-10-26-21(18)14-4-2-6-16(23)12-14/h1-12H. The van der Waals surface area contributed by atoms with Crippen molar-refractivity contribution in [2.24, 2.45) is 0 Å². The maximum Gasteiger partial charge on any atom is 0.200 e. The summed E-state index contributed by atoms with van der Waals surface area (Å²) < 4.78 is 13.1. The van der Waals surface area contributed by atoms with E-state index in [9.17, 15) is 4.79 Å². The molecule has 2 aromatic carbocycles. The van der Waals surface area contributed by atoms with Crippen LogP contribution in [0, 0.1) is 0 Å². The van der Waals surface area contributed by atoms with E-state index in [1.54, 1.807) is 12.1 Å². The van der Waals surface area contributed by atoms with Crippen LogP contribution in [0.2, 0.25) is 0 Å². The summed E-state index contributed by atoms with van der Waals surface area (Å²) in [5.74, 6) is 0.938. The predicted molar refractivity (Wildman–Crippen MR) is 107 cm³/mol. The molecule has 5 heteroatoms. The number of carbonyl (C=O) groups is 1. The molecule has 0 amide bonds. The number of furan rings is 2. The smallest absolute Gasteiger partial charge is 0.200 e. The number of hydrogen-bond acceptors (Lipinski definition) is 3. The van der Waals surface area contributed by atoms with Crippen LogP contribution in [0.1, 0.15) is 15.9 Å². The minimum absolute atomic E-state index is 0.141. The molecule has 0 aliphatic rings. The fourth-order valence-electron chi connectivity index (χ4n) is 2.83. The van der Waals surface area contributed by atoms with Crippen molar-refractivity contribution in [1.82, 2.24) is 0 Å². The largest absolute Gasteiger partial charge is 0.464 e. The van der Waals surface area contributed by atoms with Gasteiger partial charge in [-0.05, 0) is 36.4 Å². The molecule has 2 aromatic heterocycles. The molecule has 0 aliphatic heterocycles. The number of rotatable bonds is 4. The molecule has 0 saturated heterocycles. The Balaban J connectivity index is 1.78. The number of ketones is 1. The van der Waals surface area contributed by atoms with Gasteiger partial charge >= 0.3 is 0 Å². The Morgan fingerprint density at radius 3 is 1.58 bits per heavy atom. The number of halogens is 2. The molecule has 3 nitrogen and oxygen atoms in total. The van der Waals surface area contributed by atoms with Gasteiger partial charge in [-0.1, -0.05) is 56.1 Å². The highest BCUT2D eigenvalue weighted by molar-refractivity contribution is 9.10. The van der Waals surface area contributed by atoms with Crippen molar-refractivity contribution in [2.45, 2.75) is 0 Å². The lowest BCUT2D eigenvalue weighted by atomic mass is 9.99. The summed E-state index contributed by atoms with van der Waals surface area (Å²) in [7, 11) is 0. The molecule has 0 radical (unpaired) electrons. The molecule has 0 fully saturated rings. The molecule has 0 bridgehead atoms. The van der Waals surface area contributed by atoms with E-state index < -0.39 is 0 Å². The van der Waals surface area contributed by atoms with Gasteiger partial charge in [-0.2, -0.15) is 0 Å². The van der Waals surface area contributed by atoms with Crippen LogP contribution >= 0.6 is 31.9 Å². The van der Waals surface area contributed by atoms with Crippen molar-refractivity contribution in [3.8, 4) is 22.6 Å². The minimum Gasteiger partial charge on any atom is -0.464 e. The zero-order valence-electron chi connectivity index (χ0n) is 13.4. The van der Waals surface area contributed by atoms with E-state index in [4.69, 9.17) is 8.83 Å². The van der Waals surface area contributed by atoms with Crippen LogP contribution in [0.4, 0.5) is 0 Å². The second kappa shape index (κ2) is 7.09. The zero-order chi connectivity index (χ0) is 18.1. The van der Waals surface area contributed by atoms with Crippen LogP contribution in [0.3, 0.4) is 0 Å². The summed E-state index contributed by atoms with van der Waals surface area (Å²) in [6, 6.07) is 18.7. The number of carbonyl (C=O) groups excluding carboxylic acids is 1. The third-order valence-corrected chi connectivity index (χ3v) is 4.98. The van der Waals surface area contributed by atoms with Crippen molar-refractivity contribution < 1.29 is 13.6 Å². The Hall–Kier alpha value is -2.37. The van der Waals surface area contributed by atoms with Gasteiger partial charge < -0.3 is 8.83 Å². The van der Waals surface area contributed by atoms with Gasteiger partial charge in [0.1, 0.15) is 11.5 Å². The van der Waals surface area contributed by atoms with E-state index in [-0.39, 0.29) is 5.78 Å².